The molecule has 0 aromatic heterocycles. The van der Waals surface area contributed by atoms with Crippen LogP contribution >= 0.6 is 0 Å². The number of hydrogen-bond acceptors (Lipinski definition) is 4. The molecule has 29 heavy (non-hydrogen) atoms. The van der Waals surface area contributed by atoms with Crippen molar-refractivity contribution in [1.29, 1.82) is 0 Å². The lowest BCUT2D eigenvalue weighted by molar-refractivity contribution is -0.116. The van der Waals surface area contributed by atoms with Gasteiger partial charge in [0.05, 0.1) is 0 Å². The lowest BCUT2D eigenvalue weighted by Gasteiger charge is -2.16. The molecule has 0 radical (unpaired) electrons. The van der Waals surface area contributed by atoms with Crippen molar-refractivity contribution >= 4 is 23.2 Å². The third-order valence-corrected chi connectivity index (χ3v) is 4.32. The second-order valence-corrected chi connectivity index (χ2v) is 6.60. The number of nitrogens with one attached hydrogen (secondary N) is 2. The van der Waals surface area contributed by atoms with Gasteiger partial charge < -0.3 is 21.1 Å². The van der Waals surface area contributed by atoms with Crippen molar-refractivity contribution in [3.05, 3.63) is 90.0 Å². The van der Waals surface area contributed by atoms with Crippen molar-refractivity contribution in [3.63, 3.8) is 0 Å². The van der Waals surface area contributed by atoms with Gasteiger partial charge in [0.25, 0.3) is 0 Å². The third-order valence-electron chi connectivity index (χ3n) is 4.32. The molecule has 0 heterocycles. The fourth-order valence-corrected chi connectivity index (χ4v) is 2.67. The molecule has 3 aromatic rings. The molecular weight excluding hydrogens is 366 g/mol. The summed E-state index contributed by atoms with van der Waals surface area (Å²) in [6, 6.07) is 23.4. The average molecular weight is 389 g/mol. The predicted molar refractivity (Wildman–Crippen MR) is 114 cm³/mol. The minimum atomic E-state index is -0.505. The summed E-state index contributed by atoms with van der Waals surface area (Å²) in [5, 5.41) is 5.95. The molecule has 6 heteroatoms. The smallest absolute Gasteiger partial charge is 0.248 e. The summed E-state index contributed by atoms with van der Waals surface area (Å²) in [6.07, 6.45) is 0. The molecule has 0 saturated heterocycles. The molecule has 0 aliphatic rings. The largest absolute Gasteiger partial charge is 0.489 e. The fourth-order valence-electron chi connectivity index (χ4n) is 2.67. The topological polar surface area (TPSA) is 93.4 Å². The van der Waals surface area contributed by atoms with Crippen LogP contribution < -0.4 is 21.1 Å². The molecule has 2 amide bonds. The second-order valence-electron chi connectivity index (χ2n) is 6.60. The molecule has 0 aliphatic heterocycles. The third kappa shape index (κ3) is 5.84. The Labute approximate surface area is 169 Å². The van der Waals surface area contributed by atoms with Crippen molar-refractivity contribution in [2.24, 2.45) is 5.73 Å². The summed E-state index contributed by atoms with van der Waals surface area (Å²) in [6.45, 7) is 2.27. The number of nitrogens with two attached hydrogens (primary N) is 1. The van der Waals surface area contributed by atoms with Gasteiger partial charge in [-0.1, -0.05) is 30.3 Å². The molecule has 6 nitrogen and oxygen atoms in total. The zero-order valence-corrected chi connectivity index (χ0v) is 16.1. The number of amides is 2. The van der Waals surface area contributed by atoms with Crippen LogP contribution in [0.4, 0.5) is 11.4 Å². The summed E-state index contributed by atoms with van der Waals surface area (Å²) in [7, 11) is 0. The number of carbonyl (C=O) groups excluding carboxylic acids is 2. The van der Waals surface area contributed by atoms with E-state index in [2.05, 4.69) is 10.6 Å². The number of benzene rings is 3. The highest BCUT2D eigenvalue weighted by molar-refractivity contribution is 5.97. The predicted octanol–water partition coefficient (Wildman–Crippen LogP) is 3.80. The first-order valence-electron chi connectivity index (χ1n) is 9.25. The molecule has 0 fully saturated rings. The van der Waals surface area contributed by atoms with Crippen molar-refractivity contribution in [2.45, 2.75) is 19.6 Å². The number of rotatable bonds is 8. The molecule has 0 aliphatic carbocycles. The monoisotopic (exact) mass is 389 g/mol. The van der Waals surface area contributed by atoms with Gasteiger partial charge in [0.2, 0.25) is 11.8 Å². The van der Waals surface area contributed by atoms with Gasteiger partial charge in [0.1, 0.15) is 18.4 Å². The Balaban J connectivity index is 1.50. The van der Waals surface area contributed by atoms with Gasteiger partial charge in [-0.15, -0.1) is 0 Å². The van der Waals surface area contributed by atoms with Crippen molar-refractivity contribution in [3.8, 4) is 5.75 Å². The Kier molecular flexibility index (Phi) is 6.47. The van der Waals surface area contributed by atoms with Crippen LogP contribution in [-0.2, 0) is 11.4 Å². The summed E-state index contributed by atoms with van der Waals surface area (Å²) in [5.41, 5.74) is 8.11. The minimum Gasteiger partial charge on any atom is -0.489 e. The van der Waals surface area contributed by atoms with Gasteiger partial charge in [0, 0.05) is 16.9 Å². The molecule has 3 rings (SSSR count). The van der Waals surface area contributed by atoms with Gasteiger partial charge in [-0.25, -0.2) is 0 Å². The van der Waals surface area contributed by atoms with Gasteiger partial charge >= 0.3 is 0 Å². The van der Waals surface area contributed by atoms with Gasteiger partial charge in [-0.2, -0.15) is 0 Å². The summed E-state index contributed by atoms with van der Waals surface area (Å²) < 4.78 is 5.76. The van der Waals surface area contributed by atoms with Crippen molar-refractivity contribution in [2.75, 3.05) is 10.6 Å². The lowest BCUT2D eigenvalue weighted by atomic mass is 10.2. The maximum Gasteiger partial charge on any atom is 0.248 e. The van der Waals surface area contributed by atoms with E-state index in [1.54, 1.807) is 31.2 Å². The first kappa shape index (κ1) is 19.9. The number of anilines is 2. The van der Waals surface area contributed by atoms with Crippen LogP contribution in [0.15, 0.2) is 78.9 Å². The Bertz CT molecular complexity index is 955. The quantitative estimate of drug-likeness (QED) is 0.546. The Morgan fingerprint density at radius 1 is 0.897 bits per heavy atom. The van der Waals surface area contributed by atoms with Gasteiger partial charge in [-0.3, -0.25) is 9.59 Å². The van der Waals surface area contributed by atoms with Crippen LogP contribution in [0, 0.1) is 0 Å². The Morgan fingerprint density at radius 3 is 2.14 bits per heavy atom. The Hall–Kier alpha value is -3.80. The number of primary amides is 1. The molecule has 148 valence electrons. The second kappa shape index (κ2) is 9.41. The van der Waals surface area contributed by atoms with Crippen LogP contribution in [0.3, 0.4) is 0 Å². The maximum absolute atomic E-state index is 12.4. The molecule has 0 bridgehead atoms. The summed E-state index contributed by atoms with van der Waals surface area (Å²) >= 11 is 0. The number of hydrogen-bond donors (Lipinski definition) is 3. The Morgan fingerprint density at radius 2 is 1.52 bits per heavy atom. The average Bonchev–Trinajstić information content (AvgIpc) is 2.74. The zero-order chi connectivity index (χ0) is 20.6. The molecule has 0 spiro atoms. The van der Waals surface area contributed by atoms with Crippen molar-refractivity contribution < 1.29 is 14.3 Å². The molecule has 0 unspecified atom stereocenters. The first-order valence-corrected chi connectivity index (χ1v) is 9.25. The molecule has 4 N–H and O–H groups in total. The van der Waals surface area contributed by atoms with Crippen LogP contribution in [-0.4, -0.2) is 17.9 Å². The van der Waals surface area contributed by atoms with E-state index in [1.165, 1.54) is 0 Å². The highest BCUT2D eigenvalue weighted by Crippen LogP contribution is 2.18. The minimum absolute atomic E-state index is 0.193. The van der Waals surface area contributed by atoms with E-state index in [0.29, 0.717) is 17.9 Å². The maximum atomic E-state index is 12.4. The van der Waals surface area contributed by atoms with Crippen molar-refractivity contribution in [1.82, 2.24) is 0 Å². The highest BCUT2D eigenvalue weighted by atomic mass is 16.5. The van der Waals surface area contributed by atoms with Gasteiger partial charge in [-0.05, 0) is 61.0 Å². The van der Waals surface area contributed by atoms with Crippen LogP contribution in [0.2, 0.25) is 0 Å². The molecule has 3 aromatic carbocycles. The van der Waals surface area contributed by atoms with E-state index >= 15 is 0 Å². The van der Waals surface area contributed by atoms with Crippen LogP contribution in [0.1, 0.15) is 22.8 Å². The van der Waals surface area contributed by atoms with Crippen LogP contribution in [0.25, 0.3) is 0 Å². The number of ether oxygens (including phenoxy) is 1. The van der Waals surface area contributed by atoms with E-state index in [1.807, 2.05) is 54.6 Å². The standard InChI is InChI=1S/C23H23N3O3/c1-16(23(28)26-20-9-7-18(8-10-20)22(24)27)25-19-11-13-21(14-12-19)29-15-17-5-3-2-4-6-17/h2-14,16,25H,15H2,1H3,(H2,24,27)(H,26,28)/t16-/m0/s1. The highest BCUT2D eigenvalue weighted by Gasteiger charge is 2.13. The first-order chi connectivity index (χ1) is 14.0. The normalized spacial score (nSPS) is 11.3. The van der Waals surface area contributed by atoms with E-state index < -0.39 is 11.9 Å². The SMILES string of the molecule is C[C@H](Nc1ccc(OCc2ccccc2)cc1)C(=O)Nc1ccc(C(N)=O)cc1. The summed E-state index contributed by atoms with van der Waals surface area (Å²) in [5.74, 6) is 0.0568. The molecular formula is C23H23N3O3. The van der Waals surface area contributed by atoms with E-state index in [-0.39, 0.29) is 5.91 Å². The van der Waals surface area contributed by atoms with E-state index in [9.17, 15) is 9.59 Å². The number of carbonyl (C=O) groups is 2. The van der Waals surface area contributed by atoms with Crippen LogP contribution in [0.5, 0.6) is 5.75 Å². The lowest BCUT2D eigenvalue weighted by Crippen LogP contribution is -2.31. The molecule has 1 atom stereocenters. The molecule has 0 saturated carbocycles. The zero-order valence-electron chi connectivity index (χ0n) is 16.1. The fraction of sp³-hybridized carbons (Fsp3) is 0.130. The van der Waals surface area contributed by atoms with Gasteiger partial charge in [0.15, 0.2) is 0 Å². The summed E-state index contributed by atoms with van der Waals surface area (Å²) in [4.78, 5) is 23.5. The van der Waals surface area contributed by atoms with E-state index in [4.69, 9.17) is 10.5 Å². The van der Waals surface area contributed by atoms with E-state index in [0.717, 1.165) is 17.0 Å².